The van der Waals surface area contributed by atoms with E-state index in [-0.39, 0.29) is 37.5 Å². The third-order valence-electron chi connectivity index (χ3n) is 14.1. The highest BCUT2D eigenvalue weighted by Gasteiger charge is 2.38. The molecule has 0 bridgehead atoms. The highest BCUT2D eigenvalue weighted by molar-refractivity contribution is 6.00. The number of aromatic nitrogens is 1. The minimum atomic E-state index is -2.01. The van der Waals surface area contributed by atoms with E-state index < -0.39 is 182 Å². The molecule has 0 aliphatic rings. The number of aliphatic hydroxyl groups is 2. The maximum Gasteiger partial charge on any atom is 0.326 e. The smallest absolute Gasteiger partial charge is 0.326 e. The Morgan fingerprint density at radius 3 is 1.54 bits per heavy atom. The number of hydrogen-bond acceptors (Lipinski definition) is 17. The fraction of sp³-hybridized carbons (Fsp3) is 0.542. The molecule has 1 aromatic heterocycles. The fourth-order valence-electron chi connectivity index (χ4n) is 9.36. The van der Waals surface area contributed by atoms with Crippen molar-refractivity contribution in [3.8, 4) is 0 Å². The molecule has 3 aromatic rings. The molecule has 0 spiro atoms. The number of aromatic amines is 1. The standard InChI is InChI=1S/C59H87N13O18/c1-30(2)23-36(61)50(80)64-38(17-11-12-22-60)51(81)69-43(26-34-28-63-37-16-10-9-15-35(34)37)54(84)67-41(24-31(3)4)53(83)70-44(27-48(78)79)55(85)71-45(29-73)57(87)68-42(25-33-13-7-6-8-14-33)56(86)72-49(32(5)74)58(88)65-39(19-21-47(76)77)52(82)66-40(59(89)90)18-20-46(62)75/h6-10,13-16,28,30-32,36,38-45,49,63,73-74H,11-12,17-27,29,60-61H2,1-5H3,(H2,62,75)(H,64,80)(H,65,88)(H,66,82)(H,67,84)(H,68,87)(H,69,81)(H,70,83)(H,71,85)(H,72,86)(H,76,77)(H,78,79)(H,89,90)/t32-,36+,38+,39+,40+,41+,42+,43+,44+,45+,49+/m1/s1. The summed E-state index contributed by atoms with van der Waals surface area (Å²) in [7, 11) is 0. The lowest BCUT2D eigenvalue weighted by atomic mass is 9.99. The van der Waals surface area contributed by atoms with Crippen molar-refractivity contribution >= 4 is 87.9 Å². The van der Waals surface area contributed by atoms with E-state index in [0.29, 0.717) is 47.8 Å². The van der Waals surface area contributed by atoms with Gasteiger partial charge in [0.1, 0.15) is 54.4 Å². The van der Waals surface area contributed by atoms with Gasteiger partial charge in [-0.05, 0) is 87.4 Å². The van der Waals surface area contributed by atoms with Crippen molar-refractivity contribution in [3.05, 3.63) is 71.9 Å². The van der Waals surface area contributed by atoms with Crippen LogP contribution in [0.1, 0.15) is 110 Å². The molecule has 31 nitrogen and oxygen atoms in total. The number of aliphatic hydroxyl groups excluding tert-OH is 2. The van der Waals surface area contributed by atoms with Crippen molar-refractivity contribution in [2.75, 3.05) is 13.2 Å². The zero-order chi connectivity index (χ0) is 67.4. The number of nitrogens with one attached hydrogen (secondary N) is 10. The van der Waals surface area contributed by atoms with Crippen molar-refractivity contribution < 1.29 is 87.9 Å². The molecule has 31 heteroatoms. The Kier molecular flexibility index (Phi) is 31.5. The first-order valence-corrected chi connectivity index (χ1v) is 29.5. The maximum atomic E-state index is 14.6. The molecule has 496 valence electrons. The number of carbonyl (C=O) groups excluding carboxylic acids is 10. The summed E-state index contributed by atoms with van der Waals surface area (Å²) >= 11 is 0. The van der Waals surface area contributed by atoms with E-state index in [1.807, 2.05) is 13.8 Å². The number of rotatable bonds is 41. The quantitative estimate of drug-likeness (QED) is 0.0251. The van der Waals surface area contributed by atoms with E-state index in [1.165, 1.54) is 0 Å². The van der Waals surface area contributed by atoms with Crippen LogP contribution in [0.5, 0.6) is 0 Å². The number of nitrogens with two attached hydrogens (primary N) is 3. The third-order valence-corrected chi connectivity index (χ3v) is 14.1. The van der Waals surface area contributed by atoms with Gasteiger partial charge in [0.2, 0.25) is 59.1 Å². The van der Waals surface area contributed by atoms with Crippen LogP contribution in [-0.2, 0) is 75.2 Å². The number of hydrogen-bond donors (Lipinski definition) is 18. The van der Waals surface area contributed by atoms with Gasteiger partial charge in [-0.2, -0.15) is 0 Å². The van der Waals surface area contributed by atoms with Gasteiger partial charge >= 0.3 is 17.9 Å². The van der Waals surface area contributed by atoms with E-state index in [2.05, 4.69) is 52.8 Å². The monoisotopic (exact) mass is 1270 g/mol. The van der Waals surface area contributed by atoms with Crippen LogP contribution in [0, 0.1) is 11.8 Å². The molecule has 11 atom stereocenters. The minimum Gasteiger partial charge on any atom is -0.481 e. The first kappa shape index (κ1) is 75.2. The van der Waals surface area contributed by atoms with E-state index in [1.54, 1.807) is 74.6 Å². The summed E-state index contributed by atoms with van der Waals surface area (Å²) in [6.07, 6.45) is -2.87. The molecule has 10 amide bonds. The summed E-state index contributed by atoms with van der Waals surface area (Å²) in [6.45, 7) is 7.30. The Bertz CT molecular complexity index is 2960. The molecule has 2 aromatic carbocycles. The van der Waals surface area contributed by atoms with E-state index in [4.69, 9.17) is 17.2 Å². The van der Waals surface area contributed by atoms with E-state index in [0.717, 1.165) is 6.92 Å². The van der Waals surface area contributed by atoms with Crippen LogP contribution < -0.4 is 65.1 Å². The highest BCUT2D eigenvalue weighted by Crippen LogP contribution is 2.20. The van der Waals surface area contributed by atoms with Crippen LogP contribution in [-0.4, -0.2) is 187 Å². The lowest BCUT2D eigenvalue weighted by molar-refractivity contribution is -0.143. The first-order chi connectivity index (χ1) is 42.4. The number of fused-ring (bicyclic) bond motifs is 1. The van der Waals surface area contributed by atoms with Crippen molar-refractivity contribution in [1.82, 2.24) is 52.8 Å². The summed E-state index contributed by atoms with van der Waals surface area (Å²) in [5, 5.41) is 72.4. The Hall–Kier alpha value is -9.07. The van der Waals surface area contributed by atoms with Crippen LogP contribution in [0.4, 0.5) is 0 Å². The molecule has 0 unspecified atom stereocenters. The van der Waals surface area contributed by atoms with Gasteiger partial charge in [-0.15, -0.1) is 0 Å². The number of H-pyrrole nitrogens is 1. The average Bonchev–Trinajstić information content (AvgIpc) is 1.71. The van der Waals surface area contributed by atoms with Crippen LogP contribution in [0.25, 0.3) is 10.9 Å². The molecule has 21 N–H and O–H groups in total. The third kappa shape index (κ3) is 25.9. The largest absolute Gasteiger partial charge is 0.481 e. The molecule has 0 saturated heterocycles. The number of benzene rings is 2. The van der Waals surface area contributed by atoms with Crippen molar-refractivity contribution in [1.29, 1.82) is 0 Å². The van der Waals surface area contributed by atoms with Crippen LogP contribution in [0.2, 0.25) is 0 Å². The second-order valence-electron chi connectivity index (χ2n) is 22.7. The number of carboxylic acid groups (broad SMARTS) is 3. The zero-order valence-electron chi connectivity index (χ0n) is 51.0. The summed E-state index contributed by atoms with van der Waals surface area (Å²) in [6, 6.07) is -1.27. The summed E-state index contributed by atoms with van der Waals surface area (Å²) in [5.41, 5.74) is 18.7. The normalized spacial score (nSPS) is 14.9. The first-order valence-electron chi connectivity index (χ1n) is 29.5. The number of unbranched alkanes of at least 4 members (excludes halogenated alkanes) is 1. The number of carboxylic acids is 3. The molecule has 3 rings (SSSR count). The summed E-state index contributed by atoms with van der Waals surface area (Å²) in [5.74, 6) is -15.5. The van der Waals surface area contributed by atoms with Crippen molar-refractivity contribution in [2.45, 2.75) is 178 Å². The van der Waals surface area contributed by atoms with E-state index >= 15 is 0 Å². The SMILES string of the molecule is CC(C)C[C@H](NC(=O)[C@H](Cc1c[nH]c2ccccc12)NC(=O)[C@H](CCCCN)NC(=O)[C@@H](N)CC(C)C)C(=O)N[C@@H](CC(=O)O)C(=O)N[C@@H](CO)C(=O)N[C@@H](Cc1ccccc1)C(=O)N[C@H](C(=O)N[C@@H](CCC(=O)O)C(=O)N[C@@H](CCC(N)=O)C(=O)O)[C@@H](C)O. The van der Waals surface area contributed by atoms with Gasteiger partial charge in [0.15, 0.2) is 0 Å². The minimum absolute atomic E-state index is 0.0490. The predicted molar refractivity (Wildman–Crippen MR) is 323 cm³/mol. The van der Waals surface area contributed by atoms with Gasteiger partial charge < -0.3 is 95.6 Å². The van der Waals surface area contributed by atoms with Crippen LogP contribution >= 0.6 is 0 Å². The lowest BCUT2D eigenvalue weighted by Gasteiger charge is -2.28. The molecular weight excluding hydrogens is 1180 g/mol. The van der Waals surface area contributed by atoms with Crippen molar-refractivity contribution in [3.63, 3.8) is 0 Å². The Morgan fingerprint density at radius 2 is 0.978 bits per heavy atom. The second-order valence-corrected chi connectivity index (χ2v) is 22.7. The molecule has 0 aliphatic carbocycles. The number of para-hydroxylation sites is 1. The Labute approximate surface area is 519 Å². The summed E-state index contributed by atoms with van der Waals surface area (Å²) in [4.78, 5) is 176. The fourth-order valence-corrected chi connectivity index (χ4v) is 9.36. The van der Waals surface area contributed by atoms with E-state index in [9.17, 15) is 87.9 Å². The van der Waals surface area contributed by atoms with Crippen molar-refractivity contribution in [2.24, 2.45) is 29.0 Å². The molecule has 0 saturated carbocycles. The predicted octanol–water partition coefficient (Wildman–Crippen LogP) is -3.07. The van der Waals surface area contributed by atoms with Gasteiger partial charge in [-0.1, -0.05) is 76.2 Å². The molecule has 90 heavy (non-hydrogen) atoms. The molecule has 0 fully saturated rings. The van der Waals surface area contributed by atoms with Gasteiger partial charge in [0.05, 0.1) is 25.2 Å². The number of aliphatic carboxylic acids is 3. The Morgan fingerprint density at radius 1 is 0.500 bits per heavy atom. The number of carbonyl (C=O) groups is 13. The average molecular weight is 1270 g/mol. The maximum absolute atomic E-state index is 14.6. The Balaban J connectivity index is 1.93. The van der Waals surface area contributed by atoms with Crippen LogP contribution in [0.3, 0.4) is 0 Å². The van der Waals surface area contributed by atoms with Crippen LogP contribution in [0.15, 0.2) is 60.8 Å². The molecule has 0 aliphatic heterocycles. The number of primary amides is 1. The summed E-state index contributed by atoms with van der Waals surface area (Å²) < 4.78 is 0. The lowest BCUT2D eigenvalue weighted by Crippen LogP contribution is -2.62. The molecule has 1 heterocycles. The topological polar surface area (TPSA) is 525 Å². The zero-order valence-corrected chi connectivity index (χ0v) is 51.0. The molecular formula is C59H87N13O18. The van der Waals surface area contributed by atoms with Gasteiger partial charge in [-0.3, -0.25) is 57.5 Å². The van der Waals surface area contributed by atoms with Gasteiger partial charge in [-0.25, -0.2) is 4.79 Å². The highest BCUT2D eigenvalue weighted by atomic mass is 16.4. The molecule has 0 radical (unpaired) electrons. The second kappa shape index (κ2) is 37.7. The number of amides is 10. The van der Waals surface area contributed by atoms with Gasteiger partial charge in [0, 0.05) is 42.8 Å². The van der Waals surface area contributed by atoms with Gasteiger partial charge in [0.25, 0.3) is 0 Å².